The highest BCUT2D eigenvalue weighted by Crippen LogP contribution is 2.34. The van der Waals surface area contributed by atoms with Crippen molar-refractivity contribution in [3.63, 3.8) is 0 Å². The molecule has 0 aliphatic heterocycles. The van der Waals surface area contributed by atoms with E-state index in [4.69, 9.17) is 11.5 Å². The Labute approximate surface area is 77.3 Å². The molecule has 0 fully saturated rings. The zero-order valence-corrected chi connectivity index (χ0v) is 6.87. The summed E-state index contributed by atoms with van der Waals surface area (Å²) in [7, 11) is 0. The number of carbonyl (C=O) groups excluding carboxylic acids is 1. The molecule has 1 rings (SSSR count). The molecule has 1 aromatic rings. The lowest BCUT2D eigenvalue weighted by Crippen LogP contribution is -2.14. The van der Waals surface area contributed by atoms with Gasteiger partial charge in [0.15, 0.2) is 11.4 Å². The lowest BCUT2D eigenvalue weighted by Gasteiger charge is -2.08. The van der Waals surface area contributed by atoms with Crippen molar-refractivity contribution in [2.75, 3.05) is 5.73 Å². The zero-order valence-electron chi connectivity index (χ0n) is 6.87. The van der Waals surface area contributed by atoms with Gasteiger partial charge in [-0.2, -0.15) is 0 Å². The molecule has 0 spiro atoms. The summed E-state index contributed by atoms with van der Waals surface area (Å²) < 4.78 is 24.6. The number of anilines is 1. The van der Waals surface area contributed by atoms with Gasteiger partial charge in [-0.25, -0.2) is 13.8 Å². The molecule has 0 aliphatic rings. The number of pyridine rings is 1. The van der Waals surface area contributed by atoms with E-state index in [-0.39, 0.29) is 5.69 Å². The first-order valence-corrected chi connectivity index (χ1v) is 3.50. The number of alkyl halides is 2. The van der Waals surface area contributed by atoms with E-state index in [1.165, 1.54) is 0 Å². The van der Waals surface area contributed by atoms with Crippen molar-refractivity contribution in [3.05, 3.63) is 17.5 Å². The third kappa shape index (κ3) is 1.56. The number of carbonyl (C=O) groups is 1. The van der Waals surface area contributed by atoms with Crippen LogP contribution in [0.15, 0.2) is 6.20 Å². The van der Waals surface area contributed by atoms with Gasteiger partial charge in [0.1, 0.15) is 0 Å². The molecule has 0 atom stereocenters. The Hall–Kier alpha value is -1.92. The summed E-state index contributed by atoms with van der Waals surface area (Å²) >= 11 is 0. The SMILES string of the molecule is NC(=O)c1ncc(N)c(C(F)F)c1O. The van der Waals surface area contributed by atoms with E-state index < -0.39 is 29.3 Å². The van der Waals surface area contributed by atoms with Crippen molar-refractivity contribution in [1.82, 2.24) is 4.98 Å². The summed E-state index contributed by atoms with van der Waals surface area (Å²) in [5.41, 5.74) is 8.10. The van der Waals surface area contributed by atoms with E-state index in [9.17, 15) is 18.7 Å². The van der Waals surface area contributed by atoms with Gasteiger partial charge < -0.3 is 16.6 Å². The second-order valence-electron chi connectivity index (χ2n) is 2.49. The fraction of sp³-hybridized carbons (Fsp3) is 0.143. The van der Waals surface area contributed by atoms with E-state index in [0.29, 0.717) is 0 Å². The van der Waals surface area contributed by atoms with Crippen LogP contribution in [0.2, 0.25) is 0 Å². The predicted octanol–water partition coefficient (Wildman–Crippen LogP) is 0.406. The van der Waals surface area contributed by atoms with E-state index in [1.54, 1.807) is 0 Å². The van der Waals surface area contributed by atoms with Crippen LogP contribution in [0.25, 0.3) is 0 Å². The number of nitrogens with two attached hydrogens (primary N) is 2. The molecule has 14 heavy (non-hydrogen) atoms. The van der Waals surface area contributed by atoms with Gasteiger partial charge in [0, 0.05) is 0 Å². The molecular weight excluding hydrogens is 196 g/mol. The van der Waals surface area contributed by atoms with E-state index in [0.717, 1.165) is 6.20 Å². The van der Waals surface area contributed by atoms with Crippen molar-refractivity contribution in [3.8, 4) is 5.75 Å². The Morgan fingerprint density at radius 1 is 1.57 bits per heavy atom. The van der Waals surface area contributed by atoms with Crippen LogP contribution in [-0.2, 0) is 0 Å². The van der Waals surface area contributed by atoms with Gasteiger partial charge in [-0.05, 0) is 0 Å². The average molecular weight is 203 g/mol. The first-order valence-electron chi connectivity index (χ1n) is 3.50. The average Bonchev–Trinajstić information content (AvgIpc) is 2.02. The van der Waals surface area contributed by atoms with Crippen LogP contribution in [0.4, 0.5) is 14.5 Å². The molecule has 0 unspecified atom stereocenters. The Morgan fingerprint density at radius 2 is 2.14 bits per heavy atom. The minimum absolute atomic E-state index is 0.387. The van der Waals surface area contributed by atoms with Crippen LogP contribution in [-0.4, -0.2) is 16.0 Å². The molecule has 7 heteroatoms. The van der Waals surface area contributed by atoms with Crippen LogP contribution in [0.3, 0.4) is 0 Å². The van der Waals surface area contributed by atoms with E-state index in [2.05, 4.69) is 4.98 Å². The van der Waals surface area contributed by atoms with Crippen LogP contribution in [0.5, 0.6) is 5.75 Å². The Kier molecular flexibility index (Phi) is 2.50. The van der Waals surface area contributed by atoms with Crippen LogP contribution in [0, 0.1) is 0 Å². The summed E-state index contributed by atoms with van der Waals surface area (Å²) in [6, 6.07) is 0. The molecule has 0 aromatic carbocycles. The molecule has 5 nitrogen and oxygen atoms in total. The zero-order chi connectivity index (χ0) is 10.9. The van der Waals surface area contributed by atoms with Crippen molar-refractivity contribution in [2.45, 2.75) is 6.43 Å². The maximum Gasteiger partial charge on any atom is 0.271 e. The number of amides is 1. The summed E-state index contributed by atoms with van der Waals surface area (Å²) in [4.78, 5) is 14.0. The first-order chi connectivity index (χ1) is 6.45. The number of hydrogen-bond acceptors (Lipinski definition) is 4. The number of nitrogens with zero attached hydrogens (tertiary/aromatic N) is 1. The third-order valence-electron chi connectivity index (χ3n) is 1.57. The topological polar surface area (TPSA) is 102 Å². The maximum absolute atomic E-state index is 12.3. The van der Waals surface area contributed by atoms with Crippen molar-refractivity contribution in [2.24, 2.45) is 5.73 Å². The predicted molar refractivity (Wildman–Crippen MR) is 43.8 cm³/mol. The number of nitrogen functional groups attached to an aromatic ring is 1. The van der Waals surface area contributed by atoms with Gasteiger partial charge in [-0.1, -0.05) is 0 Å². The van der Waals surface area contributed by atoms with E-state index >= 15 is 0 Å². The monoisotopic (exact) mass is 203 g/mol. The van der Waals surface area contributed by atoms with Crippen molar-refractivity contribution in [1.29, 1.82) is 0 Å². The fourth-order valence-corrected chi connectivity index (χ4v) is 0.939. The number of aromatic nitrogens is 1. The lowest BCUT2D eigenvalue weighted by atomic mass is 10.1. The summed E-state index contributed by atoms with van der Waals surface area (Å²) in [6.07, 6.45) is -2.14. The van der Waals surface area contributed by atoms with Gasteiger partial charge >= 0.3 is 0 Å². The number of primary amides is 1. The number of rotatable bonds is 2. The second-order valence-corrected chi connectivity index (χ2v) is 2.49. The molecular formula is C7H7F2N3O2. The molecule has 0 saturated carbocycles. The van der Waals surface area contributed by atoms with Gasteiger partial charge in [0.25, 0.3) is 12.3 Å². The second kappa shape index (κ2) is 3.44. The molecule has 1 heterocycles. The van der Waals surface area contributed by atoms with Gasteiger partial charge in [-0.3, -0.25) is 4.79 Å². The van der Waals surface area contributed by atoms with E-state index in [1.807, 2.05) is 0 Å². The van der Waals surface area contributed by atoms with Crippen molar-refractivity contribution >= 4 is 11.6 Å². The first kappa shape index (κ1) is 10.2. The largest absolute Gasteiger partial charge is 0.505 e. The lowest BCUT2D eigenvalue weighted by molar-refractivity contribution is 0.0991. The summed E-state index contributed by atoms with van der Waals surface area (Å²) in [5, 5.41) is 9.19. The number of aromatic hydroxyl groups is 1. The molecule has 0 aliphatic carbocycles. The minimum atomic E-state index is -2.99. The summed E-state index contributed by atoms with van der Waals surface area (Å²) in [5.74, 6) is -2.06. The highest BCUT2D eigenvalue weighted by molar-refractivity contribution is 5.94. The standard InChI is InChI=1S/C7H7F2N3O2/c8-6(9)3-2(10)1-12-4(5(3)13)7(11)14/h1,6,13H,10H2,(H2,11,14). The minimum Gasteiger partial charge on any atom is -0.505 e. The van der Waals surface area contributed by atoms with Crippen molar-refractivity contribution < 1.29 is 18.7 Å². The molecule has 0 bridgehead atoms. The molecule has 0 saturated heterocycles. The van der Waals surface area contributed by atoms with Gasteiger partial charge in [0.05, 0.1) is 17.4 Å². The third-order valence-corrected chi connectivity index (χ3v) is 1.57. The smallest absolute Gasteiger partial charge is 0.271 e. The quantitative estimate of drug-likeness (QED) is 0.647. The number of halogens is 2. The van der Waals surface area contributed by atoms with Crippen LogP contribution in [0.1, 0.15) is 22.5 Å². The van der Waals surface area contributed by atoms with Crippen LogP contribution >= 0.6 is 0 Å². The molecule has 1 amide bonds. The Morgan fingerprint density at radius 3 is 2.57 bits per heavy atom. The highest BCUT2D eigenvalue weighted by atomic mass is 19.3. The summed E-state index contributed by atoms with van der Waals surface area (Å²) in [6.45, 7) is 0. The van der Waals surface area contributed by atoms with Gasteiger partial charge in [0.2, 0.25) is 0 Å². The molecule has 5 N–H and O–H groups in total. The number of hydrogen-bond donors (Lipinski definition) is 3. The van der Waals surface area contributed by atoms with Crippen LogP contribution < -0.4 is 11.5 Å². The normalized spacial score (nSPS) is 10.5. The maximum atomic E-state index is 12.3. The highest BCUT2D eigenvalue weighted by Gasteiger charge is 2.22. The fourth-order valence-electron chi connectivity index (χ4n) is 0.939. The molecule has 76 valence electrons. The Balaban J connectivity index is 3.41. The van der Waals surface area contributed by atoms with Gasteiger partial charge in [-0.15, -0.1) is 0 Å². The molecule has 1 aromatic heterocycles. The molecule has 0 radical (unpaired) electrons. The Bertz CT molecular complexity index is 381.